The highest BCUT2D eigenvalue weighted by molar-refractivity contribution is 6.06. The van der Waals surface area contributed by atoms with Gasteiger partial charge in [-0.1, -0.05) is 100 Å². The Balaban J connectivity index is 0.997. The number of methoxy groups -OCH3 is 2. The lowest BCUT2D eigenvalue weighted by Crippen LogP contribution is -2.45. The predicted molar refractivity (Wildman–Crippen MR) is 249 cm³/mol. The van der Waals surface area contributed by atoms with Crippen LogP contribution < -0.4 is 0 Å². The van der Waals surface area contributed by atoms with Gasteiger partial charge in [-0.15, -0.1) is 0 Å². The molecule has 8 rings (SSSR count). The summed E-state index contributed by atoms with van der Waals surface area (Å²) in [6.45, 7) is 13.1. The lowest BCUT2D eigenvalue weighted by molar-refractivity contribution is -0.148. The Bertz CT molecular complexity index is 2370. The van der Waals surface area contributed by atoms with Gasteiger partial charge in [0, 0.05) is 49.8 Å². The van der Waals surface area contributed by atoms with Gasteiger partial charge in [-0.2, -0.15) is 0 Å². The molecule has 1 saturated carbocycles. The number of rotatable bonds is 13. The van der Waals surface area contributed by atoms with E-state index < -0.39 is 11.8 Å². The first-order chi connectivity index (χ1) is 30.2. The molecule has 2 aliphatic carbocycles. The summed E-state index contributed by atoms with van der Waals surface area (Å²) in [5.41, 5.74) is 14.6. The first kappa shape index (κ1) is 44.2. The second-order valence-electron chi connectivity index (χ2n) is 19.6. The van der Waals surface area contributed by atoms with Crippen molar-refractivity contribution < 1.29 is 28.7 Å². The van der Waals surface area contributed by atoms with E-state index in [4.69, 9.17) is 19.5 Å². The summed E-state index contributed by atoms with van der Waals surface area (Å²) in [4.78, 5) is 66.2. The van der Waals surface area contributed by atoms with Crippen molar-refractivity contribution >= 4 is 46.3 Å². The van der Waals surface area contributed by atoms with Crippen LogP contribution in [0.3, 0.4) is 0 Å². The Morgan fingerprint density at radius 1 is 0.667 bits per heavy atom. The Morgan fingerprint density at radius 2 is 1.14 bits per heavy atom. The highest BCUT2D eigenvalue weighted by atomic mass is 16.5. The molecule has 0 bridgehead atoms. The number of allylic oxidation sites excluding steroid dienone is 2. The topological polar surface area (TPSA) is 118 Å². The summed E-state index contributed by atoms with van der Waals surface area (Å²) in [5, 5.41) is 0. The summed E-state index contributed by atoms with van der Waals surface area (Å²) >= 11 is 0. The fraction of sp³-hybridized carbons (Fsp3) is 0.509. The maximum atomic E-state index is 14.0. The van der Waals surface area contributed by atoms with Gasteiger partial charge in [0.25, 0.3) is 0 Å². The third-order valence-corrected chi connectivity index (χ3v) is 14.8. The summed E-state index contributed by atoms with van der Waals surface area (Å²) in [5.74, 6) is -1.69. The highest BCUT2D eigenvalue weighted by Gasteiger charge is 2.45. The minimum Gasteiger partial charge on any atom is -0.469 e. The molecule has 1 fully saturated rings. The number of aliphatic imine (C=N–C) groups is 2. The van der Waals surface area contributed by atoms with Crippen LogP contribution in [-0.4, -0.2) is 84.4 Å². The summed E-state index contributed by atoms with van der Waals surface area (Å²) in [6.07, 6.45) is 16.9. The van der Waals surface area contributed by atoms with E-state index in [0.717, 1.165) is 46.5 Å². The highest BCUT2D eigenvalue weighted by Crippen LogP contribution is 2.55. The minimum absolute atomic E-state index is 0.00219. The van der Waals surface area contributed by atoms with Gasteiger partial charge in [0.15, 0.2) is 0 Å². The minimum atomic E-state index is -0.452. The fourth-order valence-corrected chi connectivity index (χ4v) is 11.3. The molecule has 4 aliphatic heterocycles. The van der Waals surface area contributed by atoms with E-state index in [0.29, 0.717) is 25.9 Å². The van der Waals surface area contributed by atoms with E-state index in [-0.39, 0.29) is 65.9 Å². The van der Waals surface area contributed by atoms with Crippen LogP contribution in [0.25, 0.3) is 22.3 Å². The SMILES string of the molecule is COC(=O)C[C@H](C(=O)N1CC(C)=C[C@H]1C1=NC=C(c2ccc(-c3ccc(C4=CN=C([C@@H]5C=C(C)CN5C(=O)[C@@H](CC(=O)OC)C(C)C)C4)c4c3C3(CCCC3)CC4)cc2)C1)C(C)C. The van der Waals surface area contributed by atoms with Crippen LogP contribution in [0.2, 0.25) is 0 Å². The third-order valence-electron chi connectivity index (χ3n) is 14.8. The molecule has 0 radical (unpaired) electrons. The number of hydrogen-bond acceptors (Lipinski definition) is 8. The maximum Gasteiger partial charge on any atom is 0.306 e. The number of nitrogens with zero attached hydrogens (tertiary/aromatic N) is 4. The van der Waals surface area contributed by atoms with E-state index >= 15 is 0 Å². The quantitative estimate of drug-likeness (QED) is 0.146. The summed E-state index contributed by atoms with van der Waals surface area (Å²) < 4.78 is 9.89. The number of hydrogen-bond donors (Lipinski definition) is 0. The fourth-order valence-electron chi connectivity index (χ4n) is 11.3. The molecule has 6 aliphatic rings. The Morgan fingerprint density at radius 3 is 1.65 bits per heavy atom. The number of benzene rings is 2. The van der Waals surface area contributed by atoms with Crippen molar-refractivity contribution in [2.75, 3.05) is 27.3 Å². The van der Waals surface area contributed by atoms with E-state index in [1.54, 1.807) is 0 Å². The molecule has 0 unspecified atom stereocenters. The number of amides is 2. The molecule has 0 aromatic heterocycles. The Kier molecular flexibility index (Phi) is 12.6. The summed E-state index contributed by atoms with van der Waals surface area (Å²) in [7, 11) is 2.74. The molecule has 1 spiro atoms. The number of carbonyl (C=O) groups is 4. The zero-order chi connectivity index (χ0) is 44.7. The second-order valence-corrected chi connectivity index (χ2v) is 19.6. The van der Waals surface area contributed by atoms with E-state index in [2.05, 4.69) is 55.5 Å². The number of carbonyl (C=O) groups excluding carboxylic acids is 4. The third kappa shape index (κ3) is 8.54. The predicted octanol–water partition coefficient (Wildman–Crippen LogP) is 9.47. The van der Waals surface area contributed by atoms with Gasteiger partial charge in [0.1, 0.15) is 0 Å². The van der Waals surface area contributed by atoms with Crippen molar-refractivity contribution in [2.24, 2.45) is 33.7 Å². The largest absolute Gasteiger partial charge is 0.469 e. The lowest BCUT2D eigenvalue weighted by atomic mass is 9.76. The molecule has 0 N–H and O–H groups in total. The first-order valence-electron chi connectivity index (χ1n) is 23.1. The van der Waals surface area contributed by atoms with Crippen LogP contribution in [-0.2, 0) is 40.5 Å². The smallest absolute Gasteiger partial charge is 0.306 e. The van der Waals surface area contributed by atoms with Crippen LogP contribution in [0.5, 0.6) is 0 Å². The van der Waals surface area contributed by atoms with Gasteiger partial charge in [-0.05, 0) is 101 Å². The van der Waals surface area contributed by atoms with Gasteiger partial charge in [-0.25, -0.2) is 0 Å². The van der Waals surface area contributed by atoms with Gasteiger partial charge >= 0.3 is 11.9 Å². The molecule has 10 heteroatoms. The van der Waals surface area contributed by atoms with E-state index in [9.17, 15) is 19.2 Å². The van der Waals surface area contributed by atoms with Gasteiger partial charge in [0.2, 0.25) is 11.8 Å². The average molecular weight is 853 g/mol. The van der Waals surface area contributed by atoms with Crippen LogP contribution >= 0.6 is 0 Å². The molecule has 2 aromatic carbocycles. The molecule has 0 saturated heterocycles. The average Bonchev–Trinajstić information content (AvgIpc) is 4.14. The molecule has 4 heterocycles. The Hall–Kier alpha value is -5.38. The molecule has 10 nitrogen and oxygen atoms in total. The van der Waals surface area contributed by atoms with Crippen LogP contribution in [0.4, 0.5) is 0 Å². The molecular weight excluding hydrogens is 789 g/mol. The standard InChI is InChI=1S/C53H64N4O6/c1-31(2)42(25-48(58)62-7)51(60)56-29-33(5)21-46(56)44-23-37(27-54-44)35-11-13-36(14-12-35)40-16-15-39(41-17-20-53(50(40)41)18-9-10-19-53)38-24-45(55-28-38)47-22-34(6)30-57(47)52(61)43(32(3)4)26-49(59)63-8/h11-16,21-22,27-28,31-32,42-43,46-47H,9-10,17-20,23-26,29-30H2,1-8H3/t42-,43-,46-,47-/m0/s1. The molecule has 63 heavy (non-hydrogen) atoms. The van der Waals surface area contributed by atoms with Crippen molar-refractivity contribution in [2.45, 2.75) is 123 Å². The number of ether oxygens (including phenoxy) is 2. The second kappa shape index (κ2) is 18.0. The van der Waals surface area contributed by atoms with Crippen molar-refractivity contribution in [1.29, 1.82) is 0 Å². The van der Waals surface area contributed by atoms with E-state index in [1.807, 2.05) is 56.8 Å². The van der Waals surface area contributed by atoms with Crippen molar-refractivity contribution in [1.82, 2.24) is 9.80 Å². The number of esters is 2. The van der Waals surface area contributed by atoms with Crippen LogP contribution in [0.1, 0.15) is 122 Å². The van der Waals surface area contributed by atoms with Crippen molar-refractivity contribution in [3.8, 4) is 11.1 Å². The zero-order valence-electron chi connectivity index (χ0n) is 38.5. The summed E-state index contributed by atoms with van der Waals surface area (Å²) in [6, 6.07) is 13.1. The zero-order valence-corrected chi connectivity index (χ0v) is 38.5. The van der Waals surface area contributed by atoms with Gasteiger partial charge in [0.05, 0.1) is 51.0 Å². The maximum absolute atomic E-state index is 14.0. The first-order valence-corrected chi connectivity index (χ1v) is 23.1. The molecule has 4 atom stereocenters. The normalized spacial score (nSPS) is 22.2. The molecule has 332 valence electrons. The lowest BCUT2D eigenvalue weighted by Gasteiger charge is -2.30. The van der Waals surface area contributed by atoms with Crippen molar-refractivity contribution in [3.05, 3.63) is 94.4 Å². The molecule has 2 amide bonds. The van der Waals surface area contributed by atoms with Crippen LogP contribution in [0.15, 0.2) is 82.1 Å². The number of fused-ring (bicyclic) bond motifs is 2. The van der Waals surface area contributed by atoms with Crippen LogP contribution in [0, 0.1) is 23.7 Å². The molecule has 2 aromatic rings. The monoisotopic (exact) mass is 852 g/mol. The van der Waals surface area contributed by atoms with E-state index in [1.165, 1.54) is 73.3 Å². The van der Waals surface area contributed by atoms with Gasteiger partial charge < -0.3 is 19.3 Å². The van der Waals surface area contributed by atoms with Gasteiger partial charge in [-0.3, -0.25) is 29.2 Å². The van der Waals surface area contributed by atoms with Crippen molar-refractivity contribution in [3.63, 3.8) is 0 Å². The Labute approximate surface area is 373 Å². The molecular formula is C53H64N4O6.